The number of nitrogens with one attached hydrogen (secondary N) is 1. The molecule has 0 saturated heterocycles. The first-order valence-corrected chi connectivity index (χ1v) is 7.60. The molecule has 3 N–H and O–H groups in total. The molecule has 0 aromatic heterocycles. The molecule has 0 aliphatic rings. The molecule has 8 heteroatoms. The second kappa shape index (κ2) is 5.79. The summed E-state index contributed by atoms with van der Waals surface area (Å²) in [6, 6.07) is 7.45. The van der Waals surface area contributed by atoms with Crippen LogP contribution in [0.4, 0.5) is 15.8 Å². The molecule has 0 saturated carbocycles. The topological polar surface area (TPSA) is 81.4 Å². The third-order valence-corrected chi connectivity index (χ3v) is 4.26. The van der Waals surface area contributed by atoms with Crippen LogP contribution in [0.1, 0.15) is 0 Å². The van der Waals surface area contributed by atoms with Crippen molar-refractivity contribution in [2.24, 2.45) is 0 Å². The van der Waals surface area contributed by atoms with E-state index >= 15 is 0 Å². The zero-order valence-electron chi connectivity index (χ0n) is 10.9. The van der Waals surface area contributed by atoms with Crippen molar-refractivity contribution in [1.29, 1.82) is 0 Å². The average molecular weight is 331 g/mol. The van der Waals surface area contributed by atoms with Gasteiger partial charge in [0.15, 0.2) is 0 Å². The number of hydrogen-bond acceptors (Lipinski definition) is 4. The van der Waals surface area contributed by atoms with Gasteiger partial charge in [-0.25, -0.2) is 12.8 Å². The Balaban J connectivity index is 2.35. The predicted octanol–water partition coefficient (Wildman–Crippen LogP) is 2.87. The summed E-state index contributed by atoms with van der Waals surface area (Å²) < 4.78 is 44.8. The van der Waals surface area contributed by atoms with E-state index in [1.165, 1.54) is 25.3 Å². The molecular weight excluding hydrogens is 319 g/mol. The van der Waals surface area contributed by atoms with Gasteiger partial charge in [0.25, 0.3) is 10.0 Å². The Labute approximate surface area is 126 Å². The standard InChI is InChI=1S/C13H12ClFN2O3S/c1-20-13-3-2-10(7-12(13)14)17-21(18,19)11-5-8(15)4-9(16)6-11/h2-7,17H,16H2,1H3. The van der Waals surface area contributed by atoms with E-state index in [2.05, 4.69) is 4.72 Å². The molecule has 0 atom stereocenters. The lowest BCUT2D eigenvalue weighted by Crippen LogP contribution is -2.13. The monoisotopic (exact) mass is 330 g/mol. The third-order valence-electron chi connectivity index (χ3n) is 2.61. The van der Waals surface area contributed by atoms with Crippen molar-refractivity contribution >= 4 is 33.0 Å². The number of halogens is 2. The number of ether oxygens (including phenoxy) is 1. The largest absolute Gasteiger partial charge is 0.495 e. The van der Waals surface area contributed by atoms with Crippen molar-refractivity contribution < 1.29 is 17.5 Å². The van der Waals surface area contributed by atoms with Crippen molar-refractivity contribution in [3.05, 3.63) is 47.2 Å². The van der Waals surface area contributed by atoms with Gasteiger partial charge < -0.3 is 10.5 Å². The fourth-order valence-corrected chi connectivity index (χ4v) is 3.06. The molecule has 0 aliphatic heterocycles. The SMILES string of the molecule is COc1ccc(NS(=O)(=O)c2cc(N)cc(F)c2)cc1Cl. The van der Waals surface area contributed by atoms with Crippen LogP contribution in [-0.4, -0.2) is 15.5 Å². The minimum absolute atomic E-state index is 0.0168. The second-order valence-corrected chi connectivity index (χ2v) is 6.26. The second-order valence-electron chi connectivity index (χ2n) is 4.18. The Morgan fingerprint density at radius 2 is 1.95 bits per heavy atom. The molecule has 0 spiro atoms. The van der Waals surface area contributed by atoms with Crippen molar-refractivity contribution in [2.45, 2.75) is 4.90 Å². The van der Waals surface area contributed by atoms with Crippen LogP contribution >= 0.6 is 11.6 Å². The fraction of sp³-hybridized carbons (Fsp3) is 0.0769. The summed E-state index contributed by atoms with van der Waals surface area (Å²) in [5.41, 5.74) is 5.68. The zero-order chi connectivity index (χ0) is 15.6. The Morgan fingerprint density at radius 3 is 2.52 bits per heavy atom. The number of rotatable bonds is 4. The summed E-state index contributed by atoms with van der Waals surface area (Å²) in [5.74, 6) is -0.322. The lowest BCUT2D eigenvalue weighted by atomic mass is 10.3. The molecule has 2 aromatic carbocycles. The summed E-state index contributed by atoms with van der Waals surface area (Å²) in [6.07, 6.45) is 0. The first-order chi connectivity index (χ1) is 9.81. The van der Waals surface area contributed by atoms with Crippen LogP contribution in [0.2, 0.25) is 5.02 Å². The minimum Gasteiger partial charge on any atom is -0.495 e. The lowest BCUT2D eigenvalue weighted by molar-refractivity contribution is 0.415. The number of benzene rings is 2. The van der Waals surface area contributed by atoms with Gasteiger partial charge in [0.2, 0.25) is 0 Å². The first kappa shape index (κ1) is 15.4. The Kier molecular flexibility index (Phi) is 4.24. The Morgan fingerprint density at radius 1 is 1.24 bits per heavy atom. The number of anilines is 2. The fourth-order valence-electron chi connectivity index (χ4n) is 1.68. The highest BCUT2D eigenvalue weighted by molar-refractivity contribution is 7.92. The number of nitrogens with two attached hydrogens (primary N) is 1. The van der Waals surface area contributed by atoms with Gasteiger partial charge in [0, 0.05) is 5.69 Å². The lowest BCUT2D eigenvalue weighted by Gasteiger charge is -2.10. The molecule has 21 heavy (non-hydrogen) atoms. The van der Waals surface area contributed by atoms with Crippen molar-refractivity contribution in [2.75, 3.05) is 17.6 Å². The number of hydrogen-bond donors (Lipinski definition) is 2. The van der Waals surface area contributed by atoms with Crippen molar-refractivity contribution in [3.8, 4) is 5.75 Å². The molecule has 0 amide bonds. The third kappa shape index (κ3) is 3.56. The van der Waals surface area contributed by atoms with Gasteiger partial charge in [-0.2, -0.15) is 0 Å². The van der Waals surface area contributed by atoms with Crippen LogP contribution in [0.3, 0.4) is 0 Å². The van der Waals surface area contributed by atoms with E-state index in [-0.39, 0.29) is 21.3 Å². The van der Waals surface area contributed by atoms with Gasteiger partial charge in [0.05, 0.1) is 22.7 Å². The maximum Gasteiger partial charge on any atom is 0.262 e. The van der Waals surface area contributed by atoms with Gasteiger partial charge >= 0.3 is 0 Å². The van der Waals surface area contributed by atoms with Gasteiger partial charge in [-0.3, -0.25) is 4.72 Å². The summed E-state index contributed by atoms with van der Waals surface area (Å²) in [7, 11) is -2.52. The first-order valence-electron chi connectivity index (χ1n) is 5.74. The van der Waals surface area contributed by atoms with E-state index in [9.17, 15) is 12.8 Å². The van der Waals surface area contributed by atoms with E-state index in [0.29, 0.717) is 5.75 Å². The normalized spacial score (nSPS) is 11.2. The van der Waals surface area contributed by atoms with Crippen LogP contribution < -0.4 is 15.2 Å². The molecule has 0 radical (unpaired) electrons. The molecule has 0 fully saturated rings. The molecular formula is C13H12ClFN2O3S. The maximum absolute atomic E-state index is 13.3. The quantitative estimate of drug-likeness (QED) is 0.845. The van der Waals surface area contributed by atoms with Gasteiger partial charge in [-0.15, -0.1) is 0 Å². The average Bonchev–Trinajstić information content (AvgIpc) is 2.37. The van der Waals surface area contributed by atoms with Crippen LogP contribution in [0.25, 0.3) is 0 Å². The summed E-state index contributed by atoms with van der Waals surface area (Å²) in [6.45, 7) is 0. The van der Waals surface area contributed by atoms with Crippen molar-refractivity contribution in [3.63, 3.8) is 0 Å². The van der Waals surface area contributed by atoms with E-state index in [1.54, 1.807) is 0 Å². The molecule has 0 bridgehead atoms. The highest BCUT2D eigenvalue weighted by Crippen LogP contribution is 2.28. The van der Waals surface area contributed by atoms with Crippen LogP contribution in [0.15, 0.2) is 41.3 Å². The van der Waals surface area contributed by atoms with E-state index in [0.717, 1.165) is 18.2 Å². The number of methoxy groups -OCH3 is 1. The smallest absolute Gasteiger partial charge is 0.262 e. The van der Waals surface area contributed by atoms with Gasteiger partial charge in [0.1, 0.15) is 11.6 Å². The van der Waals surface area contributed by atoms with Crippen LogP contribution in [-0.2, 0) is 10.0 Å². The molecule has 5 nitrogen and oxygen atoms in total. The molecule has 0 unspecified atom stereocenters. The molecule has 112 valence electrons. The summed E-state index contributed by atoms with van der Waals surface area (Å²) in [5, 5.41) is 0.247. The molecule has 0 aliphatic carbocycles. The minimum atomic E-state index is -3.96. The molecule has 0 heterocycles. The van der Waals surface area contributed by atoms with Crippen molar-refractivity contribution in [1.82, 2.24) is 0 Å². The van der Waals surface area contributed by atoms with Gasteiger partial charge in [-0.05, 0) is 36.4 Å². The Hall–Kier alpha value is -1.99. The van der Waals surface area contributed by atoms with E-state index in [1.807, 2.05) is 0 Å². The van der Waals surface area contributed by atoms with Crippen LogP contribution in [0.5, 0.6) is 5.75 Å². The predicted molar refractivity (Wildman–Crippen MR) is 79.6 cm³/mol. The highest BCUT2D eigenvalue weighted by Gasteiger charge is 2.16. The molecule has 2 aromatic rings. The number of sulfonamides is 1. The van der Waals surface area contributed by atoms with Crippen LogP contribution in [0, 0.1) is 5.82 Å². The van der Waals surface area contributed by atoms with E-state index < -0.39 is 15.8 Å². The maximum atomic E-state index is 13.3. The zero-order valence-corrected chi connectivity index (χ0v) is 12.5. The van der Waals surface area contributed by atoms with Gasteiger partial charge in [-0.1, -0.05) is 11.6 Å². The number of nitrogen functional groups attached to an aromatic ring is 1. The summed E-state index contributed by atoms with van der Waals surface area (Å²) in [4.78, 5) is -0.271. The summed E-state index contributed by atoms with van der Waals surface area (Å²) >= 11 is 5.92. The molecule has 2 rings (SSSR count). The Bertz CT molecular complexity index is 761. The highest BCUT2D eigenvalue weighted by atomic mass is 35.5. The van der Waals surface area contributed by atoms with E-state index in [4.69, 9.17) is 22.1 Å².